The lowest BCUT2D eigenvalue weighted by atomic mass is 10.3. The molecule has 7 nitrogen and oxygen atoms in total. The maximum absolute atomic E-state index is 11.9. The van der Waals surface area contributed by atoms with Gasteiger partial charge in [-0.1, -0.05) is 17.8 Å². The van der Waals surface area contributed by atoms with Gasteiger partial charge >= 0.3 is 0 Å². The Morgan fingerprint density at radius 1 is 1.48 bits per heavy atom. The van der Waals surface area contributed by atoms with E-state index in [4.69, 9.17) is 10.5 Å². The van der Waals surface area contributed by atoms with Crippen LogP contribution in [0.15, 0.2) is 29.4 Å². The molecule has 0 saturated carbocycles. The number of hydrogen-bond acceptors (Lipinski definition) is 6. The van der Waals surface area contributed by atoms with Crippen molar-refractivity contribution in [2.75, 3.05) is 18.2 Å². The molecule has 0 saturated heterocycles. The molecule has 21 heavy (non-hydrogen) atoms. The van der Waals surface area contributed by atoms with Crippen molar-refractivity contribution in [2.24, 2.45) is 12.8 Å². The summed E-state index contributed by atoms with van der Waals surface area (Å²) in [5.74, 6) is 1.51. The molecule has 0 radical (unpaired) electrons. The summed E-state index contributed by atoms with van der Waals surface area (Å²) in [6.07, 6.45) is 0. The van der Waals surface area contributed by atoms with Crippen molar-refractivity contribution in [3.63, 3.8) is 0 Å². The normalized spacial score (nSPS) is 10.4. The molecule has 0 aliphatic rings. The number of methoxy groups -OCH3 is 1. The number of carbonyl (C=O) groups excluding carboxylic acids is 1. The molecule has 1 amide bonds. The number of thioether (sulfide) groups is 1. The van der Waals surface area contributed by atoms with Crippen LogP contribution < -0.4 is 15.8 Å². The van der Waals surface area contributed by atoms with Gasteiger partial charge in [0.15, 0.2) is 5.16 Å². The molecule has 8 heteroatoms. The van der Waals surface area contributed by atoms with Gasteiger partial charge in [0.05, 0.1) is 19.4 Å². The minimum atomic E-state index is -0.120. The van der Waals surface area contributed by atoms with Gasteiger partial charge in [-0.3, -0.25) is 4.79 Å². The zero-order valence-corrected chi connectivity index (χ0v) is 12.7. The number of nitrogens with one attached hydrogen (secondary N) is 1. The second-order valence-corrected chi connectivity index (χ2v) is 5.17. The first-order valence-corrected chi connectivity index (χ1v) is 7.27. The van der Waals surface area contributed by atoms with E-state index in [1.54, 1.807) is 23.8 Å². The van der Waals surface area contributed by atoms with Crippen molar-refractivity contribution in [1.82, 2.24) is 14.8 Å². The van der Waals surface area contributed by atoms with Crippen LogP contribution in [0.25, 0.3) is 0 Å². The average molecular weight is 307 g/mol. The Bertz CT molecular complexity index is 629. The Morgan fingerprint density at radius 3 is 2.95 bits per heavy atom. The van der Waals surface area contributed by atoms with Crippen LogP contribution in [0, 0.1) is 0 Å². The van der Waals surface area contributed by atoms with Crippen LogP contribution in [0.5, 0.6) is 5.75 Å². The number of amides is 1. The van der Waals surface area contributed by atoms with Crippen LogP contribution in [0.4, 0.5) is 5.69 Å². The molecule has 0 aliphatic heterocycles. The van der Waals surface area contributed by atoms with E-state index in [0.717, 1.165) is 0 Å². The zero-order chi connectivity index (χ0) is 15.2. The zero-order valence-electron chi connectivity index (χ0n) is 11.9. The van der Waals surface area contributed by atoms with Crippen LogP contribution in [-0.4, -0.2) is 33.5 Å². The third-order valence-electron chi connectivity index (χ3n) is 2.79. The summed E-state index contributed by atoms with van der Waals surface area (Å²) < 4.78 is 6.89. The Kier molecular flexibility index (Phi) is 5.18. The molecule has 112 valence electrons. The average Bonchev–Trinajstić information content (AvgIpc) is 2.85. The van der Waals surface area contributed by atoms with E-state index in [-0.39, 0.29) is 11.7 Å². The predicted molar refractivity (Wildman–Crippen MR) is 81.2 cm³/mol. The van der Waals surface area contributed by atoms with Gasteiger partial charge in [0.1, 0.15) is 11.6 Å². The van der Waals surface area contributed by atoms with Gasteiger partial charge in [0.25, 0.3) is 0 Å². The largest absolute Gasteiger partial charge is 0.497 e. The van der Waals surface area contributed by atoms with Crippen molar-refractivity contribution in [3.05, 3.63) is 30.1 Å². The Hall–Kier alpha value is -2.06. The van der Waals surface area contributed by atoms with Gasteiger partial charge in [-0.05, 0) is 12.1 Å². The highest BCUT2D eigenvalue weighted by molar-refractivity contribution is 7.99. The van der Waals surface area contributed by atoms with E-state index >= 15 is 0 Å². The molecular formula is C13H17N5O2S. The Balaban J connectivity index is 1.91. The Labute approximate surface area is 126 Å². The molecule has 0 bridgehead atoms. The number of nitrogens with zero attached hydrogens (tertiary/aromatic N) is 3. The molecule has 2 rings (SSSR count). The third kappa shape index (κ3) is 3.96. The summed E-state index contributed by atoms with van der Waals surface area (Å²) in [5.41, 5.74) is 6.22. The summed E-state index contributed by atoms with van der Waals surface area (Å²) in [6.45, 7) is 0.320. The second kappa shape index (κ2) is 7.09. The van der Waals surface area contributed by atoms with Crippen molar-refractivity contribution >= 4 is 23.4 Å². The molecule has 2 aromatic rings. The van der Waals surface area contributed by atoms with E-state index in [1.165, 1.54) is 11.8 Å². The molecule has 3 N–H and O–H groups in total. The van der Waals surface area contributed by atoms with Crippen LogP contribution in [-0.2, 0) is 18.4 Å². The lowest BCUT2D eigenvalue weighted by Gasteiger charge is -2.06. The number of aromatic nitrogens is 3. The van der Waals surface area contributed by atoms with Gasteiger partial charge in [-0.2, -0.15) is 0 Å². The van der Waals surface area contributed by atoms with E-state index < -0.39 is 0 Å². The highest BCUT2D eigenvalue weighted by atomic mass is 32.2. The van der Waals surface area contributed by atoms with E-state index in [0.29, 0.717) is 29.0 Å². The van der Waals surface area contributed by atoms with Gasteiger partial charge in [0, 0.05) is 18.8 Å². The fraction of sp³-hybridized carbons (Fsp3) is 0.308. The second-order valence-electron chi connectivity index (χ2n) is 4.23. The number of ether oxygens (including phenoxy) is 1. The van der Waals surface area contributed by atoms with Gasteiger partial charge in [0.2, 0.25) is 5.91 Å². The molecule has 1 aromatic heterocycles. The van der Waals surface area contributed by atoms with Gasteiger partial charge < -0.3 is 20.4 Å². The highest BCUT2D eigenvalue weighted by Gasteiger charge is 2.10. The summed E-state index contributed by atoms with van der Waals surface area (Å²) in [5, 5.41) is 11.4. The fourth-order valence-corrected chi connectivity index (χ4v) is 2.41. The van der Waals surface area contributed by atoms with E-state index in [2.05, 4.69) is 15.5 Å². The van der Waals surface area contributed by atoms with Crippen molar-refractivity contribution in [3.8, 4) is 5.75 Å². The Morgan fingerprint density at radius 2 is 2.29 bits per heavy atom. The van der Waals surface area contributed by atoms with Crippen molar-refractivity contribution in [2.45, 2.75) is 11.7 Å². The summed E-state index contributed by atoms with van der Waals surface area (Å²) >= 11 is 1.31. The van der Waals surface area contributed by atoms with Crippen molar-refractivity contribution < 1.29 is 9.53 Å². The smallest absolute Gasteiger partial charge is 0.234 e. The number of anilines is 1. The molecule has 0 spiro atoms. The van der Waals surface area contributed by atoms with Gasteiger partial charge in [-0.25, -0.2) is 0 Å². The lowest BCUT2D eigenvalue weighted by molar-refractivity contribution is -0.113. The van der Waals surface area contributed by atoms with Gasteiger partial charge in [-0.15, -0.1) is 10.2 Å². The lowest BCUT2D eigenvalue weighted by Crippen LogP contribution is -2.14. The first kappa shape index (κ1) is 15.3. The summed E-state index contributed by atoms with van der Waals surface area (Å²) in [6, 6.07) is 7.20. The molecule has 0 aliphatic carbocycles. The topological polar surface area (TPSA) is 95.1 Å². The van der Waals surface area contributed by atoms with E-state index in [1.807, 2.05) is 19.2 Å². The number of carbonyl (C=O) groups is 1. The molecular weight excluding hydrogens is 290 g/mol. The summed E-state index contributed by atoms with van der Waals surface area (Å²) in [7, 11) is 3.41. The maximum Gasteiger partial charge on any atom is 0.234 e. The van der Waals surface area contributed by atoms with E-state index in [9.17, 15) is 4.79 Å². The van der Waals surface area contributed by atoms with Crippen LogP contribution in [0.1, 0.15) is 5.82 Å². The first-order valence-electron chi connectivity index (χ1n) is 6.29. The predicted octanol–water partition coefficient (Wildman–Crippen LogP) is 1.01. The molecule has 1 aromatic carbocycles. The van der Waals surface area contributed by atoms with Crippen molar-refractivity contribution in [1.29, 1.82) is 0 Å². The first-order chi connectivity index (χ1) is 10.1. The standard InChI is InChI=1S/C13H17N5O2S/c1-18-11(7-14)16-17-13(18)21-8-12(19)15-9-4-3-5-10(6-9)20-2/h3-6H,7-8,14H2,1-2H3,(H,15,19). The maximum atomic E-state index is 11.9. The number of hydrogen-bond donors (Lipinski definition) is 2. The number of nitrogens with two attached hydrogens (primary N) is 1. The number of rotatable bonds is 6. The fourth-order valence-electron chi connectivity index (χ4n) is 1.68. The highest BCUT2D eigenvalue weighted by Crippen LogP contribution is 2.18. The third-order valence-corrected chi connectivity index (χ3v) is 3.81. The quantitative estimate of drug-likeness (QED) is 0.774. The van der Waals surface area contributed by atoms with Crippen LogP contribution in [0.2, 0.25) is 0 Å². The van der Waals surface area contributed by atoms with Crippen LogP contribution in [0.3, 0.4) is 0 Å². The SMILES string of the molecule is COc1cccc(NC(=O)CSc2nnc(CN)n2C)c1. The molecule has 0 atom stereocenters. The minimum Gasteiger partial charge on any atom is -0.497 e. The molecule has 0 unspecified atom stereocenters. The minimum absolute atomic E-state index is 0.120. The monoisotopic (exact) mass is 307 g/mol. The van der Waals surface area contributed by atoms with Crippen LogP contribution >= 0.6 is 11.8 Å². The molecule has 1 heterocycles. The molecule has 0 fully saturated rings. The summed E-state index contributed by atoms with van der Waals surface area (Å²) in [4.78, 5) is 11.9. The number of benzene rings is 1.